The Balaban J connectivity index is 1.53. The first-order chi connectivity index (χ1) is 14.9. The summed E-state index contributed by atoms with van der Waals surface area (Å²) in [6.45, 7) is 3.72. The van der Waals surface area contributed by atoms with Crippen molar-refractivity contribution in [3.05, 3.63) is 87.7 Å². The topological polar surface area (TPSA) is 79.1 Å². The van der Waals surface area contributed by atoms with Crippen molar-refractivity contribution >= 4 is 39.4 Å². The van der Waals surface area contributed by atoms with Crippen molar-refractivity contribution in [2.24, 2.45) is 0 Å². The average Bonchev–Trinajstić information content (AvgIpc) is 3.30. The second kappa shape index (κ2) is 7.29. The first-order valence-corrected chi connectivity index (χ1v) is 10.3. The maximum atomic E-state index is 11.4. The van der Waals surface area contributed by atoms with E-state index in [0.29, 0.717) is 17.0 Å². The normalized spacial score (nSPS) is 11.5. The van der Waals surface area contributed by atoms with Crippen LogP contribution in [0, 0.1) is 13.8 Å². The summed E-state index contributed by atoms with van der Waals surface area (Å²) in [6, 6.07) is 17.6. The molecule has 0 aliphatic rings. The largest absolute Gasteiger partial charge is 0.478 e. The molecule has 3 aromatic carbocycles. The van der Waals surface area contributed by atoms with Gasteiger partial charge in [-0.25, -0.2) is 4.79 Å². The van der Waals surface area contributed by atoms with E-state index in [1.165, 1.54) is 0 Å². The Morgan fingerprint density at radius 3 is 2.74 bits per heavy atom. The maximum absolute atomic E-state index is 11.4. The van der Waals surface area contributed by atoms with Gasteiger partial charge in [0.2, 0.25) is 0 Å². The monoisotopic (exact) mass is 430 g/mol. The van der Waals surface area contributed by atoms with Gasteiger partial charge in [-0.05, 0) is 66.9 Å². The highest BCUT2D eigenvalue weighted by atomic mass is 35.5. The van der Waals surface area contributed by atoms with Gasteiger partial charge < -0.3 is 14.6 Å². The molecular weight excluding hydrogens is 412 g/mol. The van der Waals surface area contributed by atoms with Crippen molar-refractivity contribution in [2.45, 2.75) is 20.3 Å². The Kier molecular flexibility index (Phi) is 4.56. The first kappa shape index (κ1) is 19.4. The summed E-state index contributed by atoms with van der Waals surface area (Å²) in [4.78, 5) is 14.8. The molecule has 2 heterocycles. The van der Waals surface area contributed by atoms with Gasteiger partial charge in [0.25, 0.3) is 0 Å². The van der Waals surface area contributed by atoms with Gasteiger partial charge in [-0.15, -0.1) is 0 Å². The number of aromatic nitrogens is 2. The van der Waals surface area contributed by atoms with Gasteiger partial charge in [-0.1, -0.05) is 35.0 Å². The highest BCUT2D eigenvalue weighted by molar-refractivity contribution is 6.34. The summed E-state index contributed by atoms with van der Waals surface area (Å²) in [6.07, 6.45) is 0.605. The predicted molar refractivity (Wildman–Crippen MR) is 122 cm³/mol. The number of hydrogen-bond donors (Lipinski definition) is 2. The summed E-state index contributed by atoms with van der Waals surface area (Å²) in [5, 5.41) is 16.1. The van der Waals surface area contributed by atoms with E-state index in [1.807, 2.05) is 43.3 Å². The zero-order valence-electron chi connectivity index (χ0n) is 17.0. The van der Waals surface area contributed by atoms with E-state index >= 15 is 0 Å². The minimum Gasteiger partial charge on any atom is -0.478 e. The molecule has 2 aromatic heterocycles. The van der Waals surface area contributed by atoms with E-state index in [0.717, 1.165) is 55.5 Å². The molecule has 0 aliphatic heterocycles. The summed E-state index contributed by atoms with van der Waals surface area (Å²) in [5.41, 5.74) is 7.49. The molecule has 0 atom stereocenters. The molecule has 0 radical (unpaired) electrons. The zero-order valence-corrected chi connectivity index (χ0v) is 17.7. The number of carboxylic acids is 1. The quantitative estimate of drug-likeness (QED) is 0.339. The number of hydrogen-bond acceptors (Lipinski definition) is 3. The van der Waals surface area contributed by atoms with Gasteiger partial charge in [0.1, 0.15) is 0 Å². The van der Waals surface area contributed by atoms with Crippen molar-refractivity contribution in [3.8, 4) is 11.1 Å². The van der Waals surface area contributed by atoms with Crippen LogP contribution >= 0.6 is 11.6 Å². The van der Waals surface area contributed by atoms with E-state index in [-0.39, 0.29) is 0 Å². The fraction of sp³-hybridized carbons (Fsp3) is 0.120. The Labute approximate surface area is 183 Å². The molecule has 5 nitrogen and oxygen atoms in total. The van der Waals surface area contributed by atoms with E-state index in [4.69, 9.17) is 16.1 Å². The van der Waals surface area contributed by atoms with Crippen LogP contribution in [0.4, 0.5) is 0 Å². The minimum atomic E-state index is -0.910. The molecule has 5 rings (SSSR count). The van der Waals surface area contributed by atoms with Crippen LogP contribution in [0.5, 0.6) is 0 Å². The number of benzene rings is 3. The number of rotatable bonds is 4. The van der Waals surface area contributed by atoms with Crippen LogP contribution in [0.25, 0.3) is 33.0 Å². The van der Waals surface area contributed by atoms with Crippen LogP contribution in [0.1, 0.15) is 32.9 Å². The van der Waals surface area contributed by atoms with Gasteiger partial charge in [0.05, 0.1) is 16.3 Å². The van der Waals surface area contributed by atoms with E-state index in [2.05, 4.69) is 22.3 Å². The third-order valence-electron chi connectivity index (χ3n) is 5.65. The maximum Gasteiger partial charge on any atom is 0.335 e. The van der Waals surface area contributed by atoms with Crippen molar-refractivity contribution < 1.29 is 14.4 Å². The second-order valence-electron chi connectivity index (χ2n) is 7.82. The van der Waals surface area contributed by atoms with Crippen LogP contribution in [-0.4, -0.2) is 21.2 Å². The number of fused-ring (bicyclic) bond motifs is 2. The molecule has 0 fully saturated rings. The molecule has 6 heteroatoms. The Morgan fingerprint density at radius 2 is 1.94 bits per heavy atom. The second-order valence-corrected chi connectivity index (χ2v) is 8.23. The van der Waals surface area contributed by atoms with Crippen LogP contribution in [-0.2, 0) is 6.42 Å². The molecule has 154 valence electrons. The fourth-order valence-corrected chi connectivity index (χ4v) is 4.26. The number of carboxylic acid groups (broad SMARTS) is 1. The third-order valence-corrected chi connectivity index (χ3v) is 5.97. The lowest BCUT2D eigenvalue weighted by Crippen LogP contribution is -2.01. The molecule has 0 saturated heterocycles. The summed E-state index contributed by atoms with van der Waals surface area (Å²) >= 11 is 6.62. The first-order valence-electron chi connectivity index (χ1n) is 9.89. The smallest absolute Gasteiger partial charge is 0.335 e. The van der Waals surface area contributed by atoms with Crippen molar-refractivity contribution in [3.63, 3.8) is 0 Å². The molecule has 0 unspecified atom stereocenters. The Morgan fingerprint density at radius 1 is 1.10 bits per heavy atom. The van der Waals surface area contributed by atoms with Crippen LogP contribution < -0.4 is 0 Å². The molecule has 0 spiro atoms. The van der Waals surface area contributed by atoms with Crippen molar-refractivity contribution in [2.75, 3.05) is 0 Å². The summed E-state index contributed by atoms with van der Waals surface area (Å²) in [7, 11) is 0. The van der Waals surface area contributed by atoms with Crippen molar-refractivity contribution in [1.29, 1.82) is 0 Å². The minimum absolute atomic E-state index is 0.332. The lowest BCUT2D eigenvalue weighted by Gasteiger charge is -2.05. The van der Waals surface area contributed by atoms with Crippen LogP contribution in [0.15, 0.2) is 59.1 Å². The number of aromatic amines is 1. The highest BCUT2D eigenvalue weighted by Gasteiger charge is 2.13. The number of halogens is 1. The number of nitrogens with zero attached hydrogens (tertiary/aromatic N) is 1. The molecule has 2 N–H and O–H groups in total. The Bertz CT molecular complexity index is 1480. The zero-order chi connectivity index (χ0) is 21.7. The van der Waals surface area contributed by atoms with Gasteiger partial charge in [-0.2, -0.15) is 0 Å². The Hall–Kier alpha value is -3.57. The molecule has 5 aromatic rings. The molecule has 0 saturated carbocycles. The van der Waals surface area contributed by atoms with Gasteiger partial charge in [0, 0.05) is 34.0 Å². The van der Waals surface area contributed by atoms with Gasteiger partial charge in [-0.3, -0.25) is 0 Å². The summed E-state index contributed by atoms with van der Waals surface area (Å²) < 4.78 is 5.31. The van der Waals surface area contributed by atoms with Gasteiger partial charge >= 0.3 is 5.97 Å². The predicted octanol–water partition coefficient (Wildman–Crippen LogP) is 6.54. The average molecular weight is 431 g/mol. The van der Waals surface area contributed by atoms with E-state index in [1.54, 1.807) is 13.0 Å². The molecule has 31 heavy (non-hydrogen) atoms. The van der Waals surface area contributed by atoms with Crippen molar-refractivity contribution in [1.82, 2.24) is 10.1 Å². The molecule has 0 bridgehead atoms. The van der Waals surface area contributed by atoms with Crippen LogP contribution in [0.3, 0.4) is 0 Å². The summed E-state index contributed by atoms with van der Waals surface area (Å²) in [5.74, 6) is -0.910. The lowest BCUT2D eigenvalue weighted by molar-refractivity contribution is 0.0696. The third kappa shape index (κ3) is 3.47. The molecular formula is C25H19ClN2O3. The van der Waals surface area contributed by atoms with Gasteiger partial charge in [0.15, 0.2) is 5.58 Å². The lowest BCUT2D eigenvalue weighted by atomic mass is 10.0. The fourth-order valence-electron chi connectivity index (χ4n) is 3.99. The molecule has 0 aliphatic carbocycles. The van der Waals surface area contributed by atoms with E-state index < -0.39 is 5.97 Å². The number of H-pyrrole nitrogens is 1. The number of carbonyl (C=O) groups is 1. The number of nitrogens with one attached hydrogen (secondary N) is 1. The SMILES string of the molecule is Cc1ccc(Cc2cc3cc(-c4ccc5onc(C)c5c4)c(Cl)cc3[nH]2)cc1C(=O)O. The molecule has 0 amide bonds. The van der Waals surface area contributed by atoms with Crippen LogP contribution in [0.2, 0.25) is 5.02 Å². The number of aryl methyl sites for hydroxylation is 2. The van der Waals surface area contributed by atoms with E-state index in [9.17, 15) is 9.90 Å². The highest BCUT2D eigenvalue weighted by Crippen LogP contribution is 2.35. The standard InChI is InChI=1S/C25H19ClN2O3/c1-13-3-4-15(8-19(13)25(29)30)7-18-9-17-11-21(22(26)12-23(17)27-18)16-5-6-24-20(10-16)14(2)28-31-24/h3-6,8-12,27H,7H2,1-2H3,(H,29,30). The number of aromatic carboxylic acids is 1.